The molecule has 2 amide bonds. The van der Waals surface area contributed by atoms with Crippen molar-refractivity contribution in [2.75, 3.05) is 0 Å². The molecule has 1 aromatic carbocycles. The van der Waals surface area contributed by atoms with Crippen LogP contribution in [0.1, 0.15) is 58.4 Å². The van der Waals surface area contributed by atoms with Crippen molar-refractivity contribution in [2.24, 2.45) is 0 Å². The molecule has 1 aliphatic rings. The zero-order valence-corrected chi connectivity index (χ0v) is 17.8. The molecule has 0 radical (unpaired) electrons. The Bertz CT molecular complexity index is 716. The summed E-state index contributed by atoms with van der Waals surface area (Å²) in [5, 5.41) is 15.3. The molecule has 0 saturated heterocycles. The molecule has 3 N–H and O–H groups in total. The fourth-order valence-electron chi connectivity index (χ4n) is 3.19. The molecular weight excluding hydrogens is 388 g/mol. The molecule has 0 aromatic heterocycles. The lowest BCUT2D eigenvalue weighted by Gasteiger charge is -2.30. The van der Waals surface area contributed by atoms with E-state index in [1.54, 1.807) is 20.8 Å². The molecular formula is C22H32N2O6. The van der Waals surface area contributed by atoms with Crippen molar-refractivity contribution < 1.29 is 29.0 Å². The molecule has 1 fully saturated rings. The van der Waals surface area contributed by atoms with Crippen LogP contribution in [-0.4, -0.2) is 46.9 Å². The van der Waals surface area contributed by atoms with Gasteiger partial charge in [-0.05, 0) is 39.2 Å². The van der Waals surface area contributed by atoms with Crippen molar-refractivity contribution in [3.05, 3.63) is 35.9 Å². The Kier molecular flexibility index (Phi) is 8.65. The normalized spacial score (nSPS) is 20.0. The van der Waals surface area contributed by atoms with Crippen LogP contribution < -0.4 is 10.6 Å². The summed E-state index contributed by atoms with van der Waals surface area (Å²) >= 11 is 0. The minimum absolute atomic E-state index is 0.0712. The Balaban J connectivity index is 1.98. The van der Waals surface area contributed by atoms with Crippen LogP contribution in [0, 0.1) is 0 Å². The summed E-state index contributed by atoms with van der Waals surface area (Å²) in [6.07, 6.45) is 1.25. The number of ether oxygens (including phenoxy) is 2. The van der Waals surface area contributed by atoms with Gasteiger partial charge in [0.05, 0.1) is 18.6 Å². The molecule has 8 nitrogen and oxygen atoms in total. The van der Waals surface area contributed by atoms with Crippen molar-refractivity contribution in [1.29, 1.82) is 0 Å². The number of amides is 2. The van der Waals surface area contributed by atoms with E-state index in [0.29, 0.717) is 12.8 Å². The van der Waals surface area contributed by atoms with Crippen molar-refractivity contribution in [2.45, 2.75) is 83.3 Å². The number of carbonyl (C=O) groups is 3. The molecule has 1 saturated carbocycles. The van der Waals surface area contributed by atoms with E-state index in [1.165, 1.54) is 0 Å². The van der Waals surface area contributed by atoms with Crippen LogP contribution in [0.5, 0.6) is 0 Å². The van der Waals surface area contributed by atoms with E-state index in [9.17, 15) is 19.5 Å². The summed E-state index contributed by atoms with van der Waals surface area (Å²) in [5.74, 6) is -1.18. The van der Waals surface area contributed by atoms with Crippen LogP contribution in [0.2, 0.25) is 0 Å². The van der Waals surface area contributed by atoms with Crippen molar-refractivity contribution in [3.8, 4) is 0 Å². The highest BCUT2D eigenvalue weighted by molar-refractivity contribution is 5.89. The second-order valence-corrected chi connectivity index (χ2v) is 8.52. The molecule has 1 aromatic rings. The van der Waals surface area contributed by atoms with Gasteiger partial charge in [0.1, 0.15) is 18.2 Å². The van der Waals surface area contributed by atoms with E-state index >= 15 is 0 Å². The van der Waals surface area contributed by atoms with E-state index in [-0.39, 0.29) is 13.0 Å². The molecule has 0 spiro atoms. The smallest absolute Gasteiger partial charge is 0.408 e. The Labute approximate surface area is 177 Å². The van der Waals surface area contributed by atoms with Gasteiger partial charge < -0.3 is 25.2 Å². The number of alkyl carbamates (subject to hydrolysis) is 1. The topological polar surface area (TPSA) is 114 Å². The van der Waals surface area contributed by atoms with Crippen molar-refractivity contribution in [1.82, 2.24) is 10.6 Å². The summed E-state index contributed by atoms with van der Waals surface area (Å²) in [4.78, 5) is 37.3. The van der Waals surface area contributed by atoms with Gasteiger partial charge in [0.2, 0.25) is 5.91 Å². The number of aliphatic hydroxyl groups excluding tert-OH is 1. The molecule has 0 unspecified atom stereocenters. The third-order valence-corrected chi connectivity index (χ3v) is 4.68. The Morgan fingerprint density at radius 2 is 1.80 bits per heavy atom. The van der Waals surface area contributed by atoms with Crippen LogP contribution in [0.15, 0.2) is 30.3 Å². The Hall–Kier alpha value is -2.61. The molecule has 3 atom stereocenters. The number of nitrogens with one attached hydrogen (secondary N) is 2. The van der Waals surface area contributed by atoms with Crippen LogP contribution in [0.4, 0.5) is 4.79 Å². The quantitative estimate of drug-likeness (QED) is 0.584. The van der Waals surface area contributed by atoms with Gasteiger partial charge in [0, 0.05) is 0 Å². The summed E-state index contributed by atoms with van der Waals surface area (Å²) in [6.45, 7) is 5.18. The lowest BCUT2D eigenvalue weighted by Crippen LogP contribution is -2.54. The maximum absolute atomic E-state index is 12.8. The van der Waals surface area contributed by atoms with E-state index in [2.05, 4.69) is 10.6 Å². The number of benzene rings is 1. The van der Waals surface area contributed by atoms with Gasteiger partial charge in [0.25, 0.3) is 0 Å². The maximum Gasteiger partial charge on any atom is 0.408 e. The van der Waals surface area contributed by atoms with E-state index in [1.807, 2.05) is 30.3 Å². The van der Waals surface area contributed by atoms with Crippen molar-refractivity contribution in [3.63, 3.8) is 0 Å². The monoisotopic (exact) mass is 420 g/mol. The van der Waals surface area contributed by atoms with Crippen LogP contribution in [-0.2, 0) is 25.7 Å². The minimum Gasteiger partial charge on any atom is -0.461 e. The average molecular weight is 421 g/mol. The molecule has 1 aliphatic carbocycles. The first-order chi connectivity index (χ1) is 14.1. The highest BCUT2D eigenvalue weighted by atomic mass is 16.6. The van der Waals surface area contributed by atoms with Crippen molar-refractivity contribution >= 4 is 18.0 Å². The summed E-state index contributed by atoms with van der Waals surface area (Å²) in [6, 6.07) is 7.59. The molecule has 166 valence electrons. The van der Waals surface area contributed by atoms with E-state index in [4.69, 9.17) is 9.47 Å². The largest absolute Gasteiger partial charge is 0.461 e. The van der Waals surface area contributed by atoms with Crippen LogP contribution in [0.3, 0.4) is 0 Å². The molecule has 0 aliphatic heterocycles. The predicted octanol–water partition coefficient (Wildman–Crippen LogP) is 2.43. The molecule has 0 bridgehead atoms. The lowest BCUT2D eigenvalue weighted by atomic mass is 9.92. The van der Waals surface area contributed by atoms with Gasteiger partial charge in [-0.15, -0.1) is 0 Å². The first-order valence-corrected chi connectivity index (χ1v) is 10.3. The van der Waals surface area contributed by atoms with Gasteiger partial charge >= 0.3 is 12.1 Å². The first kappa shape index (κ1) is 23.7. The molecule has 2 rings (SSSR count). The highest BCUT2D eigenvalue weighted by Crippen LogP contribution is 2.18. The number of rotatable bonds is 7. The van der Waals surface area contributed by atoms with Gasteiger partial charge in [-0.2, -0.15) is 0 Å². The summed E-state index contributed by atoms with van der Waals surface area (Å²) < 4.78 is 10.5. The fraction of sp³-hybridized carbons (Fsp3) is 0.591. The minimum atomic E-state index is -1.17. The number of aliphatic hydroxyl groups is 1. The van der Waals surface area contributed by atoms with Crippen LogP contribution >= 0.6 is 0 Å². The predicted molar refractivity (Wildman–Crippen MR) is 110 cm³/mol. The third-order valence-electron chi connectivity index (χ3n) is 4.68. The average Bonchev–Trinajstić information content (AvgIpc) is 2.67. The van der Waals surface area contributed by atoms with Gasteiger partial charge in [-0.1, -0.05) is 43.2 Å². The molecule has 8 heteroatoms. The second kappa shape index (κ2) is 11.0. The van der Waals surface area contributed by atoms with Gasteiger partial charge in [-0.25, -0.2) is 4.79 Å². The van der Waals surface area contributed by atoms with E-state index in [0.717, 1.165) is 18.4 Å². The van der Waals surface area contributed by atoms with E-state index < -0.39 is 41.8 Å². The highest BCUT2D eigenvalue weighted by Gasteiger charge is 2.31. The molecule has 0 heterocycles. The third kappa shape index (κ3) is 8.41. The number of hydrogen-bond donors (Lipinski definition) is 3. The van der Waals surface area contributed by atoms with Crippen LogP contribution in [0.25, 0.3) is 0 Å². The lowest BCUT2D eigenvalue weighted by molar-refractivity contribution is -0.147. The Morgan fingerprint density at radius 1 is 1.13 bits per heavy atom. The van der Waals surface area contributed by atoms with Gasteiger partial charge in [0.15, 0.2) is 0 Å². The fourth-order valence-corrected chi connectivity index (χ4v) is 3.19. The Morgan fingerprint density at radius 3 is 2.43 bits per heavy atom. The summed E-state index contributed by atoms with van der Waals surface area (Å²) in [5.41, 5.74) is 0.0654. The maximum atomic E-state index is 12.8. The first-order valence-electron chi connectivity index (χ1n) is 10.3. The second-order valence-electron chi connectivity index (χ2n) is 8.52. The molecule has 30 heavy (non-hydrogen) atoms. The standard InChI is InChI=1S/C22H32N2O6/c1-22(2,3)30-21(28)24-17(20(27)23-16-11-7-8-12-18(16)25)13-19(26)29-14-15-9-5-4-6-10-15/h4-6,9-10,16-18,25H,7-8,11-14H2,1-3H3,(H,23,27)(H,24,28)/t16-,17-,18-/m1/s1. The number of carbonyl (C=O) groups excluding carboxylic acids is 3. The summed E-state index contributed by atoms with van der Waals surface area (Å²) in [7, 11) is 0. The number of esters is 1. The number of hydrogen-bond acceptors (Lipinski definition) is 6. The SMILES string of the molecule is CC(C)(C)OC(=O)N[C@H](CC(=O)OCc1ccccc1)C(=O)N[C@@H]1CCCC[C@H]1O. The zero-order valence-electron chi connectivity index (χ0n) is 17.8. The van der Waals surface area contributed by atoms with Gasteiger partial charge in [-0.3, -0.25) is 9.59 Å². The zero-order chi connectivity index (χ0) is 22.1.